The number of halogens is 1. The van der Waals surface area contributed by atoms with Crippen molar-refractivity contribution in [3.63, 3.8) is 0 Å². The van der Waals surface area contributed by atoms with Gasteiger partial charge in [-0.3, -0.25) is 4.79 Å². The molecule has 0 saturated carbocycles. The van der Waals surface area contributed by atoms with Crippen molar-refractivity contribution in [2.75, 3.05) is 6.54 Å². The lowest BCUT2D eigenvalue weighted by molar-refractivity contribution is 0.0526. The summed E-state index contributed by atoms with van der Waals surface area (Å²) in [6.45, 7) is 7.70. The van der Waals surface area contributed by atoms with Crippen LogP contribution in [0.4, 0.5) is 9.18 Å². The van der Waals surface area contributed by atoms with Crippen molar-refractivity contribution in [1.29, 1.82) is 5.26 Å². The maximum atomic E-state index is 14.0. The number of aromatic nitrogens is 1. The first kappa shape index (κ1) is 22.9. The molecule has 1 heterocycles. The van der Waals surface area contributed by atoms with Crippen LogP contribution in [0.3, 0.4) is 0 Å². The third-order valence-electron chi connectivity index (χ3n) is 4.27. The van der Waals surface area contributed by atoms with E-state index in [4.69, 9.17) is 4.74 Å². The average Bonchev–Trinajstić information content (AvgIpc) is 3.07. The molecule has 0 fully saturated rings. The summed E-state index contributed by atoms with van der Waals surface area (Å²) in [5.41, 5.74) is 0.424. The standard InChI is InChI=1S/C22H27FN4O3/c1-15(17-8-5-6-9-18(17)23)26-20(28)19-11-10-16(14-24)27(19)13-7-12-25-21(29)30-22(2,3)4/h5-6,8-11,15H,7,12-13H2,1-4H3,(H,25,29)(H,26,28)/t15-/m0/s1. The van der Waals surface area contributed by atoms with Crippen molar-refractivity contribution >= 4 is 12.0 Å². The number of alkyl carbamates (subject to hydrolysis) is 1. The number of nitriles is 1. The maximum Gasteiger partial charge on any atom is 0.407 e. The molecular weight excluding hydrogens is 387 g/mol. The molecule has 0 spiro atoms. The summed E-state index contributed by atoms with van der Waals surface area (Å²) in [7, 11) is 0. The zero-order valence-corrected chi connectivity index (χ0v) is 17.7. The Kier molecular flexibility index (Phi) is 7.59. The lowest BCUT2D eigenvalue weighted by Crippen LogP contribution is -2.33. The lowest BCUT2D eigenvalue weighted by Gasteiger charge is -2.20. The first-order valence-corrected chi connectivity index (χ1v) is 9.74. The monoisotopic (exact) mass is 414 g/mol. The number of benzene rings is 1. The quantitative estimate of drug-likeness (QED) is 0.672. The van der Waals surface area contributed by atoms with E-state index in [-0.39, 0.29) is 0 Å². The Hall–Kier alpha value is -3.34. The first-order valence-electron chi connectivity index (χ1n) is 9.74. The van der Waals surface area contributed by atoms with Gasteiger partial charge in [-0.15, -0.1) is 0 Å². The van der Waals surface area contributed by atoms with Gasteiger partial charge < -0.3 is 19.9 Å². The second-order valence-electron chi connectivity index (χ2n) is 7.87. The molecular formula is C22H27FN4O3. The molecule has 1 aromatic carbocycles. The molecule has 1 atom stereocenters. The fraction of sp³-hybridized carbons (Fsp3) is 0.409. The third-order valence-corrected chi connectivity index (χ3v) is 4.27. The molecule has 30 heavy (non-hydrogen) atoms. The van der Waals surface area contributed by atoms with E-state index in [1.807, 2.05) is 0 Å². The van der Waals surface area contributed by atoms with Crippen LogP contribution in [0.2, 0.25) is 0 Å². The van der Waals surface area contributed by atoms with Gasteiger partial charge in [0.1, 0.15) is 28.9 Å². The molecule has 2 aromatic rings. The molecule has 160 valence electrons. The molecule has 0 aliphatic carbocycles. The molecule has 2 amide bonds. The van der Waals surface area contributed by atoms with E-state index in [2.05, 4.69) is 16.7 Å². The minimum atomic E-state index is -0.585. The zero-order valence-electron chi connectivity index (χ0n) is 17.7. The number of carbonyl (C=O) groups excluding carboxylic acids is 2. The van der Waals surface area contributed by atoms with Crippen LogP contribution in [0.1, 0.15) is 61.9 Å². The summed E-state index contributed by atoms with van der Waals surface area (Å²) in [5.74, 6) is -0.807. The Morgan fingerprint density at radius 1 is 1.23 bits per heavy atom. The number of amides is 2. The maximum absolute atomic E-state index is 14.0. The topological polar surface area (TPSA) is 96.1 Å². The molecule has 0 saturated heterocycles. The van der Waals surface area contributed by atoms with Gasteiger partial charge in [-0.2, -0.15) is 5.26 Å². The van der Waals surface area contributed by atoms with E-state index >= 15 is 0 Å². The van der Waals surface area contributed by atoms with E-state index in [9.17, 15) is 19.2 Å². The summed E-state index contributed by atoms with van der Waals surface area (Å²) < 4.78 is 20.7. The van der Waals surface area contributed by atoms with Gasteiger partial charge in [0.05, 0.1) is 6.04 Å². The summed E-state index contributed by atoms with van der Waals surface area (Å²) in [5, 5.41) is 14.8. The van der Waals surface area contributed by atoms with Crippen molar-refractivity contribution in [1.82, 2.24) is 15.2 Å². The van der Waals surface area contributed by atoms with E-state index in [0.29, 0.717) is 36.5 Å². The molecule has 0 aliphatic rings. The molecule has 2 rings (SSSR count). The van der Waals surface area contributed by atoms with Crippen molar-refractivity contribution in [3.8, 4) is 6.07 Å². The van der Waals surface area contributed by atoms with Crippen LogP contribution in [0.25, 0.3) is 0 Å². The van der Waals surface area contributed by atoms with Crippen LogP contribution in [0, 0.1) is 17.1 Å². The Morgan fingerprint density at radius 3 is 2.57 bits per heavy atom. The highest BCUT2D eigenvalue weighted by atomic mass is 19.1. The predicted octanol–water partition coefficient (Wildman–Crippen LogP) is 3.90. The molecule has 8 heteroatoms. The molecule has 7 nitrogen and oxygen atoms in total. The number of carbonyl (C=O) groups is 2. The Labute approximate surface area is 175 Å². The number of nitrogens with one attached hydrogen (secondary N) is 2. The highest BCUT2D eigenvalue weighted by Gasteiger charge is 2.19. The smallest absolute Gasteiger partial charge is 0.407 e. The normalized spacial score (nSPS) is 12.0. The molecule has 2 N–H and O–H groups in total. The van der Waals surface area contributed by atoms with Crippen LogP contribution < -0.4 is 10.6 Å². The van der Waals surface area contributed by atoms with Crippen molar-refractivity contribution in [3.05, 3.63) is 59.2 Å². The Bertz CT molecular complexity index is 941. The summed E-state index contributed by atoms with van der Waals surface area (Å²) in [6, 6.07) is 10.9. The SMILES string of the molecule is C[C@H](NC(=O)c1ccc(C#N)n1CCCNC(=O)OC(C)(C)C)c1ccccc1F. The predicted molar refractivity (Wildman–Crippen MR) is 110 cm³/mol. The van der Waals surface area contributed by atoms with Crippen LogP contribution in [-0.2, 0) is 11.3 Å². The Morgan fingerprint density at radius 2 is 1.93 bits per heavy atom. The number of rotatable bonds is 7. The van der Waals surface area contributed by atoms with Gasteiger partial charge in [-0.25, -0.2) is 9.18 Å². The van der Waals surface area contributed by atoms with Gasteiger partial charge in [-0.1, -0.05) is 18.2 Å². The van der Waals surface area contributed by atoms with Crippen molar-refractivity contribution in [2.45, 2.75) is 52.3 Å². The van der Waals surface area contributed by atoms with Crippen LogP contribution >= 0.6 is 0 Å². The number of ether oxygens (including phenoxy) is 1. The fourth-order valence-corrected chi connectivity index (χ4v) is 2.92. The summed E-state index contributed by atoms with van der Waals surface area (Å²) in [6.07, 6.45) is -0.0293. The van der Waals surface area contributed by atoms with E-state index in [0.717, 1.165) is 0 Å². The summed E-state index contributed by atoms with van der Waals surface area (Å²) >= 11 is 0. The minimum absolute atomic E-state index is 0.298. The van der Waals surface area contributed by atoms with Crippen molar-refractivity contribution in [2.24, 2.45) is 0 Å². The summed E-state index contributed by atoms with van der Waals surface area (Å²) in [4.78, 5) is 24.4. The number of hydrogen-bond donors (Lipinski definition) is 2. The first-order chi connectivity index (χ1) is 14.1. The van der Waals surface area contributed by atoms with Crippen LogP contribution in [0.15, 0.2) is 36.4 Å². The van der Waals surface area contributed by atoms with E-state index in [1.165, 1.54) is 6.07 Å². The largest absolute Gasteiger partial charge is 0.444 e. The van der Waals surface area contributed by atoms with Crippen LogP contribution in [0.5, 0.6) is 0 Å². The van der Waals surface area contributed by atoms with Gasteiger partial charge >= 0.3 is 6.09 Å². The number of hydrogen-bond acceptors (Lipinski definition) is 4. The van der Waals surface area contributed by atoms with E-state index in [1.54, 1.807) is 62.6 Å². The van der Waals surface area contributed by atoms with Gasteiger partial charge in [0.15, 0.2) is 0 Å². The second-order valence-corrected chi connectivity index (χ2v) is 7.87. The molecule has 0 bridgehead atoms. The zero-order chi connectivity index (χ0) is 22.3. The lowest BCUT2D eigenvalue weighted by atomic mass is 10.1. The number of nitrogens with zero attached hydrogens (tertiary/aromatic N) is 2. The third kappa shape index (κ3) is 6.34. The van der Waals surface area contributed by atoms with Gasteiger partial charge in [0, 0.05) is 18.7 Å². The van der Waals surface area contributed by atoms with Gasteiger partial charge in [0.2, 0.25) is 0 Å². The molecule has 0 unspecified atom stereocenters. The van der Waals surface area contributed by atoms with Gasteiger partial charge in [0.25, 0.3) is 5.91 Å². The minimum Gasteiger partial charge on any atom is -0.444 e. The van der Waals surface area contributed by atoms with E-state index < -0.39 is 29.5 Å². The Balaban J connectivity index is 2.00. The van der Waals surface area contributed by atoms with Crippen LogP contribution in [-0.4, -0.2) is 28.7 Å². The second kappa shape index (κ2) is 9.92. The average molecular weight is 414 g/mol. The highest BCUT2D eigenvalue weighted by Crippen LogP contribution is 2.18. The molecule has 0 aliphatic heterocycles. The molecule has 1 aromatic heterocycles. The van der Waals surface area contributed by atoms with Gasteiger partial charge in [-0.05, 0) is 52.3 Å². The highest BCUT2D eigenvalue weighted by molar-refractivity contribution is 5.93. The van der Waals surface area contributed by atoms with Crippen molar-refractivity contribution < 1.29 is 18.7 Å². The molecule has 0 radical (unpaired) electrons. The fourth-order valence-electron chi connectivity index (χ4n) is 2.92.